The second-order valence-electron chi connectivity index (χ2n) is 3.44. The first-order chi connectivity index (χ1) is 7.70. The van der Waals surface area contributed by atoms with Gasteiger partial charge in [0.2, 0.25) is 5.88 Å². The quantitative estimate of drug-likeness (QED) is 0.887. The standard InChI is InChI=1S/C12H13ClN2O/c1-3-16-12-11(14-8(2)15-12)9-4-6-10(13)7-5-9/h4-7H,3H2,1-2H3,(H,14,15). The Hall–Kier alpha value is -1.48. The molecule has 2 aromatic rings. The van der Waals surface area contributed by atoms with Crippen molar-refractivity contribution in [3.05, 3.63) is 35.1 Å². The van der Waals surface area contributed by atoms with E-state index in [4.69, 9.17) is 16.3 Å². The Balaban J connectivity index is 2.42. The normalized spacial score (nSPS) is 10.4. The smallest absolute Gasteiger partial charge is 0.240 e. The molecule has 0 saturated heterocycles. The van der Waals surface area contributed by atoms with Crippen molar-refractivity contribution in [3.63, 3.8) is 0 Å². The molecule has 1 aromatic carbocycles. The first kappa shape index (κ1) is 11.0. The molecule has 0 aliphatic heterocycles. The molecule has 0 unspecified atom stereocenters. The number of hydrogen-bond acceptors (Lipinski definition) is 2. The third-order valence-corrected chi connectivity index (χ3v) is 2.45. The van der Waals surface area contributed by atoms with E-state index < -0.39 is 0 Å². The van der Waals surface area contributed by atoms with Gasteiger partial charge in [-0.15, -0.1) is 0 Å². The number of nitrogens with one attached hydrogen (secondary N) is 1. The van der Waals surface area contributed by atoms with E-state index in [-0.39, 0.29) is 0 Å². The molecular formula is C12H13ClN2O. The summed E-state index contributed by atoms with van der Waals surface area (Å²) >= 11 is 5.85. The SMILES string of the molecule is CCOc1nc(C)[nH]c1-c1ccc(Cl)cc1. The molecule has 4 heteroatoms. The molecule has 0 radical (unpaired) electrons. The Bertz CT molecular complexity index is 476. The van der Waals surface area contributed by atoms with Gasteiger partial charge in [0.05, 0.1) is 6.61 Å². The van der Waals surface area contributed by atoms with Crippen LogP contribution in [0.1, 0.15) is 12.7 Å². The van der Waals surface area contributed by atoms with Gasteiger partial charge < -0.3 is 9.72 Å². The largest absolute Gasteiger partial charge is 0.476 e. The molecule has 0 atom stereocenters. The number of rotatable bonds is 3. The van der Waals surface area contributed by atoms with Crippen molar-refractivity contribution < 1.29 is 4.74 Å². The monoisotopic (exact) mass is 236 g/mol. The van der Waals surface area contributed by atoms with E-state index in [0.29, 0.717) is 12.5 Å². The summed E-state index contributed by atoms with van der Waals surface area (Å²) in [6, 6.07) is 7.58. The number of nitrogens with zero attached hydrogens (tertiary/aromatic N) is 1. The highest BCUT2D eigenvalue weighted by molar-refractivity contribution is 6.30. The van der Waals surface area contributed by atoms with Gasteiger partial charge in [-0.25, -0.2) is 0 Å². The van der Waals surface area contributed by atoms with Crippen LogP contribution in [0.2, 0.25) is 5.02 Å². The second kappa shape index (κ2) is 4.58. The van der Waals surface area contributed by atoms with E-state index in [1.807, 2.05) is 38.1 Å². The molecular weight excluding hydrogens is 224 g/mol. The van der Waals surface area contributed by atoms with Crippen LogP contribution in [0.5, 0.6) is 5.88 Å². The molecule has 0 spiro atoms. The van der Waals surface area contributed by atoms with Crippen molar-refractivity contribution in [3.8, 4) is 17.1 Å². The average molecular weight is 237 g/mol. The number of imidazole rings is 1. The maximum Gasteiger partial charge on any atom is 0.240 e. The van der Waals surface area contributed by atoms with Crippen molar-refractivity contribution in [1.29, 1.82) is 0 Å². The summed E-state index contributed by atoms with van der Waals surface area (Å²) in [6.45, 7) is 4.45. The van der Waals surface area contributed by atoms with Crippen LogP contribution in [-0.2, 0) is 0 Å². The minimum Gasteiger partial charge on any atom is -0.476 e. The predicted molar refractivity (Wildman–Crippen MR) is 64.9 cm³/mol. The minimum atomic E-state index is 0.602. The number of aromatic nitrogens is 2. The van der Waals surface area contributed by atoms with Crippen molar-refractivity contribution in [2.45, 2.75) is 13.8 Å². The second-order valence-corrected chi connectivity index (χ2v) is 3.88. The number of H-pyrrole nitrogens is 1. The lowest BCUT2D eigenvalue weighted by Gasteiger charge is -2.03. The van der Waals surface area contributed by atoms with E-state index in [1.54, 1.807) is 0 Å². The van der Waals surface area contributed by atoms with Crippen LogP contribution in [0.3, 0.4) is 0 Å². The molecule has 0 saturated carbocycles. The van der Waals surface area contributed by atoms with Crippen molar-refractivity contribution in [2.75, 3.05) is 6.61 Å². The Labute approximate surface area is 99.4 Å². The third-order valence-electron chi connectivity index (χ3n) is 2.20. The summed E-state index contributed by atoms with van der Waals surface area (Å²) in [7, 11) is 0. The molecule has 0 fully saturated rings. The van der Waals surface area contributed by atoms with Gasteiger partial charge in [0.15, 0.2) is 0 Å². The lowest BCUT2D eigenvalue weighted by Crippen LogP contribution is -1.93. The molecule has 84 valence electrons. The molecule has 0 amide bonds. The fourth-order valence-corrected chi connectivity index (χ4v) is 1.65. The Morgan fingerprint density at radius 1 is 1.31 bits per heavy atom. The summed E-state index contributed by atoms with van der Waals surface area (Å²) in [5.41, 5.74) is 1.92. The van der Waals surface area contributed by atoms with Crippen molar-refractivity contribution in [1.82, 2.24) is 9.97 Å². The van der Waals surface area contributed by atoms with E-state index in [1.165, 1.54) is 0 Å². The van der Waals surface area contributed by atoms with Gasteiger partial charge in [-0.3, -0.25) is 0 Å². The fourth-order valence-electron chi connectivity index (χ4n) is 1.52. The van der Waals surface area contributed by atoms with Gasteiger partial charge >= 0.3 is 0 Å². The summed E-state index contributed by atoms with van der Waals surface area (Å²) in [4.78, 5) is 7.47. The summed E-state index contributed by atoms with van der Waals surface area (Å²) in [6.07, 6.45) is 0. The molecule has 0 aliphatic rings. The van der Waals surface area contributed by atoms with E-state index in [2.05, 4.69) is 9.97 Å². The van der Waals surface area contributed by atoms with Crippen LogP contribution >= 0.6 is 11.6 Å². The Kier molecular flexibility index (Phi) is 3.15. The lowest BCUT2D eigenvalue weighted by molar-refractivity contribution is 0.329. The topological polar surface area (TPSA) is 37.9 Å². The first-order valence-electron chi connectivity index (χ1n) is 5.16. The molecule has 16 heavy (non-hydrogen) atoms. The molecule has 1 aromatic heterocycles. The molecule has 0 bridgehead atoms. The number of aryl methyl sites for hydroxylation is 1. The van der Waals surface area contributed by atoms with Gasteiger partial charge in [-0.05, 0) is 26.0 Å². The maximum absolute atomic E-state index is 5.85. The van der Waals surface area contributed by atoms with Crippen LogP contribution in [0.15, 0.2) is 24.3 Å². The van der Waals surface area contributed by atoms with Crippen molar-refractivity contribution >= 4 is 11.6 Å². The summed E-state index contributed by atoms with van der Waals surface area (Å²) in [5, 5.41) is 0.720. The fraction of sp³-hybridized carbons (Fsp3) is 0.250. The van der Waals surface area contributed by atoms with Crippen LogP contribution in [0.25, 0.3) is 11.3 Å². The molecule has 1 heterocycles. The molecule has 3 nitrogen and oxygen atoms in total. The number of benzene rings is 1. The molecule has 0 aliphatic carbocycles. The third kappa shape index (κ3) is 2.19. The van der Waals surface area contributed by atoms with Gasteiger partial charge in [-0.1, -0.05) is 23.7 Å². The number of ether oxygens (including phenoxy) is 1. The van der Waals surface area contributed by atoms with Crippen LogP contribution in [0, 0.1) is 6.92 Å². The predicted octanol–water partition coefficient (Wildman–Crippen LogP) is 3.44. The van der Waals surface area contributed by atoms with Crippen molar-refractivity contribution in [2.24, 2.45) is 0 Å². The average Bonchev–Trinajstić information content (AvgIpc) is 2.61. The lowest BCUT2D eigenvalue weighted by atomic mass is 10.2. The zero-order valence-electron chi connectivity index (χ0n) is 9.25. The highest BCUT2D eigenvalue weighted by Gasteiger charge is 2.10. The van der Waals surface area contributed by atoms with Crippen LogP contribution in [-0.4, -0.2) is 16.6 Å². The number of hydrogen-bond donors (Lipinski definition) is 1. The van der Waals surface area contributed by atoms with E-state index in [9.17, 15) is 0 Å². The maximum atomic E-state index is 5.85. The zero-order chi connectivity index (χ0) is 11.5. The van der Waals surface area contributed by atoms with Gasteiger partial charge in [-0.2, -0.15) is 4.98 Å². The number of halogens is 1. The van der Waals surface area contributed by atoms with Crippen LogP contribution < -0.4 is 4.74 Å². The molecule has 2 rings (SSSR count). The Morgan fingerprint density at radius 2 is 2.00 bits per heavy atom. The Morgan fingerprint density at radius 3 is 2.62 bits per heavy atom. The van der Waals surface area contributed by atoms with Crippen LogP contribution in [0.4, 0.5) is 0 Å². The highest BCUT2D eigenvalue weighted by atomic mass is 35.5. The number of aromatic amines is 1. The zero-order valence-corrected chi connectivity index (χ0v) is 10.0. The summed E-state index contributed by atoms with van der Waals surface area (Å²) in [5.74, 6) is 1.48. The van der Waals surface area contributed by atoms with Gasteiger partial charge in [0, 0.05) is 10.6 Å². The minimum absolute atomic E-state index is 0.602. The summed E-state index contributed by atoms with van der Waals surface area (Å²) < 4.78 is 5.47. The van der Waals surface area contributed by atoms with Gasteiger partial charge in [0.1, 0.15) is 11.5 Å². The highest BCUT2D eigenvalue weighted by Crippen LogP contribution is 2.28. The van der Waals surface area contributed by atoms with Gasteiger partial charge in [0.25, 0.3) is 0 Å². The van der Waals surface area contributed by atoms with E-state index in [0.717, 1.165) is 22.1 Å². The molecule has 1 N–H and O–H groups in total. The first-order valence-corrected chi connectivity index (χ1v) is 5.54. The van der Waals surface area contributed by atoms with E-state index >= 15 is 0 Å².